The van der Waals surface area contributed by atoms with Crippen LogP contribution in [0.4, 0.5) is 0 Å². The second kappa shape index (κ2) is 9.37. The molecule has 0 saturated carbocycles. The first-order chi connectivity index (χ1) is 13.1. The number of carbonyl (C=O) groups is 1. The molecule has 1 aliphatic rings. The second-order valence-electron chi connectivity index (χ2n) is 6.64. The zero-order chi connectivity index (χ0) is 19.2. The zero-order valence-corrected chi connectivity index (χ0v) is 18.1. The fraction of sp³-hybridized carbons (Fsp3) is 0.400. The Balaban J connectivity index is 1.45. The smallest absolute Gasteiger partial charge is 0.224 e. The molecule has 1 aromatic carbocycles. The summed E-state index contributed by atoms with van der Waals surface area (Å²) in [5.74, 6) is 0.995. The second-order valence-corrected chi connectivity index (χ2v) is 8.56. The summed E-state index contributed by atoms with van der Waals surface area (Å²) in [7, 11) is 3.77. The van der Waals surface area contributed by atoms with Crippen molar-refractivity contribution in [3.05, 3.63) is 56.2 Å². The maximum atomic E-state index is 12.5. The molecule has 0 atom stereocenters. The Morgan fingerprint density at radius 2 is 2.11 bits per heavy atom. The van der Waals surface area contributed by atoms with E-state index in [2.05, 4.69) is 54.7 Å². The molecule has 7 heteroatoms. The fourth-order valence-corrected chi connectivity index (χ4v) is 4.38. The molecular weight excluding hydrogens is 424 g/mol. The molecule has 0 bridgehead atoms. The van der Waals surface area contributed by atoms with Gasteiger partial charge in [0.2, 0.25) is 5.91 Å². The standard InChI is InChI=1S/C20H25BrN4OS/c1-22-20(24(2)13-15-3-5-17(21)6-4-15)23-10-7-19(26)25-11-8-18-16(14-25)9-12-27-18/h3-6,9,12H,7-8,10-11,13-14H2,1-2H3,(H,22,23). The highest BCUT2D eigenvalue weighted by Gasteiger charge is 2.21. The van der Waals surface area contributed by atoms with Crippen molar-refractivity contribution in [3.63, 3.8) is 0 Å². The van der Waals surface area contributed by atoms with E-state index in [0.29, 0.717) is 13.0 Å². The first kappa shape index (κ1) is 19.9. The molecule has 2 aromatic rings. The summed E-state index contributed by atoms with van der Waals surface area (Å²) in [5, 5.41) is 5.42. The normalized spacial score (nSPS) is 14.0. The maximum absolute atomic E-state index is 12.5. The van der Waals surface area contributed by atoms with Gasteiger partial charge in [0, 0.05) is 56.0 Å². The number of amides is 1. The van der Waals surface area contributed by atoms with E-state index < -0.39 is 0 Å². The molecule has 1 N–H and O–H groups in total. The number of halogens is 1. The number of rotatable bonds is 5. The lowest BCUT2D eigenvalue weighted by Crippen LogP contribution is -2.41. The molecule has 0 unspecified atom stereocenters. The Hall–Kier alpha value is -1.86. The van der Waals surface area contributed by atoms with E-state index in [1.54, 1.807) is 18.4 Å². The van der Waals surface area contributed by atoms with E-state index >= 15 is 0 Å². The number of thiophene rings is 1. The minimum Gasteiger partial charge on any atom is -0.356 e. The topological polar surface area (TPSA) is 47.9 Å². The number of nitrogens with zero attached hydrogens (tertiary/aromatic N) is 3. The minimum absolute atomic E-state index is 0.199. The highest BCUT2D eigenvalue weighted by atomic mass is 79.9. The van der Waals surface area contributed by atoms with Gasteiger partial charge in [0.25, 0.3) is 0 Å². The van der Waals surface area contributed by atoms with Crippen LogP contribution < -0.4 is 5.32 Å². The third kappa shape index (κ3) is 5.32. The van der Waals surface area contributed by atoms with Gasteiger partial charge in [-0.05, 0) is 41.1 Å². The molecule has 0 aliphatic carbocycles. The van der Waals surface area contributed by atoms with Crippen LogP contribution in [0.15, 0.2) is 45.2 Å². The summed E-state index contributed by atoms with van der Waals surface area (Å²) in [4.78, 5) is 22.3. The predicted octanol–water partition coefficient (Wildman–Crippen LogP) is 3.49. The van der Waals surface area contributed by atoms with Crippen LogP contribution in [0.5, 0.6) is 0 Å². The van der Waals surface area contributed by atoms with Gasteiger partial charge >= 0.3 is 0 Å². The third-order valence-electron chi connectivity index (χ3n) is 4.69. The molecule has 0 spiro atoms. The summed E-state index contributed by atoms with van der Waals surface area (Å²) >= 11 is 5.25. The molecule has 144 valence electrons. The van der Waals surface area contributed by atoms with Gasteiger partial charge in [-0.2, -0.15) is 0 Å². The van der Waals surface area contributed by atoms with E-state index in [1.807, 2.05) is 24.1 Å². The number of nitrogens with one attached hydrogen (secondary N) is 1. The lowest BCUT2D eigenvalue weighted by Gasteiger charge is -2.27. The molecule has 27 heavy (non-hydrogen) atoms. The van der Waals surface area contributed by atoms with Crippen LogP contribution in [0.3, 0.4) is 0 Å². The maximum Gasteiger partial charge on any atom is 0.224 e. The molecule has 2 heterocycles. The number of guanidine groups is 1. The highest BCUT2D eigenvalue weighted by Crippen LogP contribution is 2.24. The van der Waals surface area contributed by atoms with Crippen molar-refractivity contribution >= 4 is 39.1 Å². The summed E-state index contributed by atoms with van der Waals surface area (Å²) < 4.78 is 1.07. The molecule has 0 radical (unpaired) electrons. The van der Waals surface area contributed by atoms with Crippen LogP contribution in [0.2, 0.25) is 0 Å². The van der Waals surface area contributed by atoms with Gasteiger partial charge in [0.1, 0.15) is 0 Å². The molecule has 0 saturated heterocycles. The SMILES string of the molecule is CN=C(NCCC(=O)N1CCc2sccc2C1)N(C)Cc1ccc(Br)cc1. The van der Waals surface area contributed by atoms with Gasteiger partial charge in [-0.15, -0.1) is 11.3 Å². The molecule has 1 aliphatic heterocycles. The summed E-state index contributed by atoms with van der Waals surface area (Å²) in [6, 6.07) is 10.4. The van der Waals surface area contributed by atoms with Gasteiger partial charge in [-0.25, -0.2) is 0 Å². The van der Waals surface area contributed by atoms with E-state index in [4.69, 9.17) is 0 Å². The molecule has 5 nitrogen and oxygen atoms in total. The van der Waals surface area contributed by atoms with Crippen molar-refractivity contribution in [2.24, 2.45) is 4.99 Å². The number of carbonyl (C=O) groups excluding carboxylic acids is 1. The summed E-state index contributed by atoms with van der Waals surface area (Å²) in [6.07, 6.45) is 1.45. The number of benzene rings is 1. The molecule has 1 aromatic heterocycles. The molecule has 1 amide bonds. The first-order valence-corrected chi connectivity index (χ1v) is 10.7. The Labute approximate surface area is 173 Å². The third-order valence-corrected chi connectivity index (χ3v) is 6.24. The van der Waals surface area contributed by atoms with Crippen molar-refractivity contribution in [1.82, 2.24) is 15.1 Å². The van der Waals surface area contributed by atoms with Gasteiger partial charge in [-0.3, -0.25) is 9.79 Å². The largest absolute Gasteiger partial charge is 0.356 e. The lowest BCUT2D eigenvalue weighted by atomic mass is 10.1. The van der Waals surface area contributed by atoms with Crippen molar-refractivity contribution in [3.8, 4) is 0 Å². The quantitative estimate of drug-likeness (QED) is 0.562. The number of aliphatic imine (C=N–C) groups is 1. The average molecular weight is 449 g/mol. The first-order valence-electron chi connectivity index (χ1n) is 9.06. The van der Waals surface area contributed by atoms with Crippen molar-refractivity contribution < 1.29 is 4.79 Å². The van der Waals surface area contributed by atoms with E-state index in [9.17, 15) is 4.79 Å². The van der Waals surface area contributed by atoms with E-state index in [-0.39, 0.29) is 5.91 Å². The number of hydrogen-bond donors (Lipinski definition) is 1. The Morgan fingerprint density at radius 1 is 1.33 bits per heavy atom. The fourth-order valence-electron chi connectivity index (χ4n) is 3.22. The van der Waals surface area contributed by atoms with Gasteiger partial charge in [0.15, 0.2) is 5.96 Å². The van der Waals surface area contributed by atoms with Crippen LogP contribution in [-0.2, 0) is 24.3 Å². The van der Waals surface area contributed by atoms with Gasteiger partial charge in [0.05, 0.1) is 0 Å². The molecule has 3 rings (SSSR count). The van der Waals surface area contributed by atoms with Crippen molar-refractivity contribution in [1.29, 1.82) is 0 Å². The van der Waals surface area contributed by atoms with Crippen LogP contribution in [0, 0.1) is 0 Å². The zero-order valence-electron chi connectivity index (χ0n) is 15.7. The number of fused-ring (bicyclic) bond motifs is 1. The Bertz CT molecular complexity index is 803. The van der Waals surface area contributed by atoms with Crippen molar-refractivity contribution in [2.45, 2.75) is 25.9 Å². The lowest BCUT2D eigenvalue weighted by molar-refractivity contribution is -0.131. The molecular formula is C20H25BrN4OS. The average Bonchev–Trinajstić information content (AvgIpc) is 3.14. The summed E-state index contributed by atoms with van der Waals surface area (Å²) in [6.45, 7) is 2.91. The van der Waals surface area contributed by atoms with Crippen molar-refractivity contribution in [2.75, 3.05) is 27.2 Å². The minimum atomic E-state index is 0.199. The highest BCUT2D eigenvalue weighted by molar-refractivity contribution is 9.10. The van der Waals surface area contributed by atoms with E-state index in [0.717, 1.165) is 36.5 Å². The van der Waals surface area contributed by atoms with E-state index in [1.165, 1.54) is 16.0 Å². The van der Waals surface area contributed by atoms with Gasteiger partial charge in [-0.1, -0.05) is 28.1 Å². The van der Waals surface area contributed by atoms with Crippen LogP contribution in [0.1, 0.15) is 22.4 Å². The number of hydrogen-bond acceptors (Lipinski definition) is 3. The predicted molar refractivity (Wildman–Crippen MR) is 115 cm³/mol. The van der Waals surface area contributed by atoms with Crippen LogP contribution in [0.25, 0.3) is 0 Å². The molecule has 0 fully saturated rings. The summed E-state index contributed by atoms with van der Waals surface area (Å²) in [5.41, 5.74) is 2.51. The monoisotopic (exact) mass is 448 g/mol. The Morgan fingerprint density at radius 3 is 2.85 bits per heavy atom. The Kier molecular flexibility index (Phi) is 6.90. The van der Waals surface area contributed by atoms with Gasteiger partial charge < -0.3 is 15.1 Å². The van der Waals surface area contributed by atoms with Crippen LogP contribution >= 0.6 is 27.3 Å². The van der Waals surface area contributed by atoms with Crippen LogP contribution in [-0.4, -0.2) is 48.9 Å².